The van der Waals surface area contributed by atoms with Gasteiger partial charge in [0, 0.05) is 26.4 Å². The van der Waals surface area contributed by atoms with E-state index < -0.39 is 0 Å². The van der Waals surface area contributed by atoms with Crippen LogP contribution in [-0.4, -0.2) is 43.9 Å². The quantitative estimate of drug-likeness (QED) is 0.765. The topological polar surface area (TPSA) is 73.6 Å². The second kappa shape index (κ2) is 5.99. The molecule has 5 nitrogen and oxygen atoms in total. The van der Waals surface area contributed by atoms with Gasteiger partial charge >= 0.3 is 0 Å². The molecule has 0 spiro atoms. The lowest BCUT2D eigenvalue weighted by atomic mass is 9.88. The fraction of sp³-hybridized carbons (Fsp3) is 0.923. The Hall–Kier alpha value is -0.650. The fourth-order valence-corrected chi connectivity index (χ4v) is 2.85. The van der Waals surface area contributed by atoms with Gasteiger partial charge in [-0.25, -0.2) is 0 Å². The maximum absolute atomic E-state index is 12.4. The molecule has 1 amide bonds. The van der Waals surface area contributed by atoms with E-state index >= 15 is 0 Å². The van der Waals surface area contributed by atoms with Crippen LogP contribution in [0.3, 0.4) is 0 Å². The summed E-state index contributed by atoms with van der Waals surface area (Å²) in [5.41, 5.74) is 5.58. The molecule has 0 bridgehead atoms. The van der Waals surface area contributed by atoms with Gasteiger partial charge in [0.05, 0.1) is 17.6 Å². The molecule has 0 aromatic heterocycles. The molecular weight excluding hydrogens is 232 g/mol. The van der Waals surface area contributed by atoms with Crippen LogP contribution in [0.25, 0.3) is 0 Å². The SMILES string of the molecule is CCC1OCCC1C(=O)NC1(CN)CCOCC1. The first-order valence-electron chi connectivity index (χ1n) is 6.92. The molecule has 18 heavy (non-hydrogen) atoms. The average molecular weight is 256 g/mol. The first-order valence-corrected chi connectivity index (χ1v) is 6.92. The highest BCUT2D eigenvalue weighted by Crippen LogP contribution is 2.26. The van der Waals surface area contributed by atoms with Crippen molar-refractivity contribution in [1.82, 2.24) is 5.32 Å². The summed E-state index contributed by atoms with van der Waals surface area (Å²) in [5, 5.41) is 3.16. The van der Waals surface area contributed by atoms with Crippen molar-refractivity contribution in [2.24, 2.45) is 11.7 Å². The Morgan fingerprint density at radius 3 is 2.72 bits per heavy atom. The average Bonchev–Trinajstić information content (AvgIpc) is 2.88. The molecule has 5 heteroatoms. The Morgan fingerprint density at radius 1 is 1.39 bits per heavy atom. The molecule has 0 aromatic rings. The molecule has 0 radical (unpaired) electrons. The van der Waals surface area contributed by atoms with Gasteiger partial charge in [-0.05, 0) is 25.7 Å². The van der Waals surface area contributed by atoms with Crippen LogP contribution in [0.15, 0.2) is 0 Å². The minimum absolute atomic E-state index is 0.0127. The van der Waals surface area contributed by atoms with E-state index in [0.29, 0.717) is 26.4 Å². The molecule has 3 N–H and O–H groups in total. The Labute approximate surface area is 108 Å². The third-order valence-corrected chi connectivity index (χ3v) is 4.18. The standard InChI is InChI=1S/C13H24N2O3/c1-2-11-10(3-6-18-11)12(16)15-13(9-14)4-7-17-8-5-13/h10-11H,2-9,14H2,1H3,(H,15,16). The summed E-state index contributed by atoms with van der Waals surface area (Å²) in [6, 6.07) is 0. The van der Waals surface area contributed by atoms with E-state index in [9.17, 15) is 4.79 Å². The van der Waals surface area contributed by atoms with Crippen molar-refractivity contribution in [2.75, 3.05) is 26.4 Å². The van der Waals surface area contributed by atoms with Crippen molar-refractivity contribution in [3.63, 3.8) is 0 Å². The van der Waals surface area contributed by atoms with Crippen molar-refractivity contribution in [1.29, 1.82) is 0 Å². The van der Waals surface area contributed by atoms with Gasteiger partial charge in [0.2, 0.25) is 5.91 Å². The second-order valence-corrected chi connectivity index (χ2v) is 5.30. The van der Waals surface area contributed by atoms with E-state index in [1.807, 2.05) is 0 Å². The Balaban J connectivity index is 1.96. The first-order chi connectivity index (χ1) is 8.71. The normalized spacial score (nSPS) is 31.2. The molecule has 2 aliphatic heterocycles. The van der Waals surface area contributed by atoms with Crippen LogP contribution in [0.1, 0.15) is 32.6 Å². The van der Waals surface area contributed by atoms with Crippen molar-refractivity contribution in [2.45, 2.75) is 44.2 Å². The highest BCUT2D eigenvalue weighted by Gasteiger charge is 2.38. The zero-order valence-electron chi connectivity index (χ0n) is 11.1. The van der Waals surface area contributed by atoms with E-state index in [-0.39, 0.29) is 23.5 Å². The van der Waals surface area contributed by atoms with Crippen LogP contribution in [0.4, 0.5) is 0 Å². The second-order valence-electron chi connectivity index (χ2n) is 5.30. The zero-order chi connectivity index (χ0) is 13.0. The lowest BCUT2D eigenvalue weighted by molar-refractivity contribution is -0.129. The molecule has 2 heterocycles. The van der Waals surface area contributed by atoms with Crippen molar-refractivity contribution in [3.05, 3.63) is 0 Å². The number of amides is 1. The van der Waals surface area contributed by atoms with Crippen LogP contribution in [0.5, 0.6) is 0 Å². The van der Waals surface area contributed by atoms with Gasteiger partial charge in [0.1, 0.15) is 0 Å². The molecule has 2 atom stereocenters. The number of hydrogen-bond acceptors (Lipinski definition) is 4. The lowest BCUT2D eigenvalue weighted by Crippen LogP contribution is -2.58. The molecule has 104 valence electrons. The number of rotatable bonds is 4. The summed E-state index contributed by atoms with van der Waals surface area (Å²) >= 11 is 0. The van der Waals surface area contributed by atoms with Crippen molar-refractivity contribution in [3.8, 4) is 0 Å². The van der Waals surface area contributed by atoms with E-state index in [1.54, 1.807) is 0 Å². The molecule has 2 unspecified atom stereocenters. The van der Waals surface area contributed by atoms with Gasteiger partial charge < -0.3 is 20.5 Å². The van der Waals surface area contributed by atoms with Crippen LogP contribution in [0, 0.1) is 5.92 Å². The van der Waals surface area contributed by atoms with E-state index in [2.05, 4.69) is 12.2 Å². The van der Waals surface area contributed by atoms with Crippen LogP contribution >= 0.6 is 0 Å². The Bertz CT molecular complexity index is 290. The molecular formula is C13H24N2O3. The van der Waals surface area contributed by atoms with Gasteiger partial charge in [0.15, 0.2) is 0 Å². The minimum atomic E-state index is -0.268. The monoisotopic (exact) mass is 256 g/mol. The van der Waals surface area contributed by atoms with Crippen LogP contribution < -0.4 is 11.1 Å². The number of nitrogens with two attached hydrogens (primary N) is 1. The van der Waals surface area contributed by atoms with Crippen molar-refractivity contribution < 1.29 is 14.3 Å². The molecule has 2 rings (SSSR count). The molecule has 0 saturated carbocycles. The third-order valence-electron chi connectivity index (χ3n) is 4.18. The molecule has 2 saturated heterocycles. The predicted molar refractivity (Wildman–Crippen MR) is 68.1 cm³/mol. The lowest BCUT2D eigenvalue weighted by Gasteiger charge is -2.38. The van der Waals surface area contributed by atoms with Crippen LogP contribution in [0.2, 0.25) is 0 Å². The summed E-state index contributed by atoms with van der Waals surface area (Å²) < 4.78 is 10.9. The summed E-state index contributed by atoms with van der Waals surface area (Å²) in [6.45, 7) is 4.58. The van der Waals surface area contributed by atoms with Gasteiger partial charge in [-0.1, -0.05) is 6.92 Å². The molecule has 2 fully saturated rings. The number of carbonyl (C=O) groups excluding carboxylic acids is 1. The number of ether oxygens (including phenoxy) is 2. The maximum Gasteiger partial charge on any atom is 0.226 e. The third kappa shape index (κ3) is 2.84. The largest absolute Gasteiger partial charge is 0.381 e. The van der Waals surface area contributed by atoms with Crippen LogP contribution in [-0.2, 0) is 14.3 Å². The maximum atomic E-state index is 12.4. The number of hydrogen-bond donors (Lipinski definition) is 2. The van der Waals surface area contributed by atoms with Gasteiger partial charge in [0.25, 0.3) is 0 Å². The molecule has 0 aliphatic carbocycles. The van der Waals surface area contributed by atoms with Gasteiger partial charge in [-0.15, -0.1) is 0 Å². The summed E-state index contributed by atoms with van der Waals surface area (Å²) in [6.07, 6.45) is 3.39. The summed E-state index contributed by atoms with van der Waals surface area (Å²) in [5.74, 6) is 0.0907. The smallest absolute Gasteiger partial charge is 0.226 e. The van der Waals surface area contributed by atoms with E-state index in [1.165, 1.54) is 0 Å². The van der Waals surface area contributed by atoms with E-state index in [0.717, 1.165) is 25.7 Å². The minimum Gasteiger partial charge on any atom is -0.381 e. The predicted octanol–water partition coefficient (Wildman–Crippen LogP) is 0.426. The zero-order valence-corrected chi connectivity index (χ0v) is 11.1. The van der Waals surface area contributed by atoms with E-state index in [4.69, 9.17) is 15.2 Å². The Morgan fingerprint density at radius 2 is 2.11 bits per heavy atom. The highest BCUT2D eigenvalue weighted by atomic mass is 16.5. The fourth-order valence-electron chi connectivity index (χ4n) is 2.85. The number of nitrogens with one attached hydrogen (secondary N) is 1. The Kier molecular flexibility index (Phi) is 4.59. The van der Waals surface area contributed by atoms with Gasteiger partial charge in [-0.2, -0.15) is 0 Å². The first kappa shape index (κ1) is 13.8. The molecule has 2 aliphatic rings. The summed E-state index contributed by atoms with van der Waals surface area (Å²) in [7, 11) is 0. The van der Waals surface area contributed by atoms with Crippen molar-refractivity contribution >= 4 is 5.91 Å². The molecule has 0 aromatic carbocycles. The van der Waals surface area contributed by atoms with Gasteiger partial charge in [-0.3, -0.25) is 4.79 Å². The number of carbonyl (C=O) groups is 1. The summed E-state index contributed by atoms with van der Waals surface area (Å²) in [4.78, 5) is 12.4. The highest BCUT2D eigenvalue weighted by molar-refractivity contribution is 5.80.